The minimum atomic E-state index is -1.33. The van der Waals surface area contributed by atoms with Gasteiger partial charge in [0.1, 0.15) is 0 Å². The predicted octanol–water partition coefficient (Wildman–Crippen LogP) is 1.15. The number of carboxylic acids is 1. The van der Waals surface area contributed by atoms with E-state index in [2.05, 4.69) is 12.6 Å². The van der Waals surface area contributed by atoms with Gasteiger partial charge >= 0.3 is 5.97 Å². The maximum Gasteiger partial charge on any atom is 0.337 e. The van der Waals surface area contributed by atoms with Crippen LogP contribution in [0.5, 0.6) is 0 Å². The van der Waals surface area contributed by atoms with Crippen molar-refractivity contribution in [3.63, 3.8) is 0 Å². The number of thioether (sulfide) groups is 1. The zero-order valence-corrected chi connectivity index (χ0v) is 14.5. The highest BCUT2D eigenvalue weighted by Gasteiger charge is 2.20. The number of thiol groups is 1. The van der Waals surface area contributed by atoms with Crippen molar-refractivity contribution in [1.82, 2.24) is 10.0 Å². The van der Waals surface area contributed by atoms with Crippen LogP contribution < -0.4 is 0 Å². The van der Waals surface area contributed by atoms with Crippen LogP contribution in [0, 0.1) is 10.1 Å². The van der Waals surface area contributed by atoms with Crippen molar-refractivity contribution in [3.8, 4) is 0 Å². The Morgan fingerprint density at radius 2 is 1.83 bits per heavy atom. The Labute approximate surface area is 147 Å². The molecule has 11 heteroatoms. The SMILES string of the molecule is CN(C(=O)CS)N(C)C(=O)CSc1ccc([N+](=O)[O-])cc1C(=O)O. The highest BCUT2D eigenvalue weighted by molar-refractivity contribution is 8.00. The summed E-state index contributed by atoms with van der Waals surface area (Å²) in [7, 11) is 2.81. The van der Waals surface area contributed by atoms with Gasteiger partial charge in [0.15, 0.2) is 0 Å². The third kappa shape index (κ3) is 4.86. The maximum atomic E-state index is 12.1. The molecular formula is C13H15N3O6S2. The van der Waals surface area contributed by atoms with Gasteiger partial charge in [0.2, 0.25) is 0 Å². The first-order valence-electron chi connectivity index (χ1n) is 6.47. The second-order valence-electron chi connectivity index (χ2n) is 4.52. The van der Waals surface area contributed by atoms with Crippen LogP contribution in [-0.4, -0.2) is 63.4 Å². The molecule has 0 saturated carbocycles. The van der Waals surface area contributed by atoms with Crippen molar-refractivity contribution >= 4 is 47.9 Å². The second kappa shape index (κ2) is 8.55. The summed E-state index contributed by atoms with van der Waals surface area (Å²) in [5, 5.41) is 22.1. The first kappa shape index (κ1) is 19.8. The Kier molecular flexibility index (Phi) is 7.04. The molecule has 0 unspecified atom stereocenters. The van der Waals surface area contributed by atoms with Crippen LogP contribution in [0.2, 0.25) is 0 Å². The fraction of sp³-hybridized carbons (Fsp3) is 0.308. The Hall–Kier alpha value is -2.27. The topological polar surface area (TPSA) is 121 Å². The molecule has 0 bridgehead atoms. The molecule has 0 aliphatic rings. The average molecular weight is 373 g/mol. The van der Waals surface area contributed by atoms with Crippen LogP contribution in [0.25, 0.3) is 0 Å². The van der Waals surface area contributed by atoms with Crippen molar-refractivity contribution in [2.75, 3.05) is 25.6 Å². The quantitative estimate of drug-likeness (QED) is 0.332. The number of nitrogens with zero attached hydrogens (tertiary/aromatic N) is 3. The normalized spacial score (nSPS) is 10.1. The lowest BCUT2D eigenvalue weighted by Gasteiger charge is -2.27. The number of hydrogen-bond acceptors (Lipinski definition) is 7. The number of nitro benzene ring substituents is 1. The summed E-state index contributed by atoms with van der Waals surface area (Å²) in [6.07, 6.45) is 0. The van der Waals surface area contributed by atoms with E-state index in [4.69, 9.17) is 5.11 Å². The third-order valence-corrected chi connectivity index (χ3v) is 4.39. The van der Waals surface area contributed by atoms with Crippen LogP contribution in [-0.2, 0) is 9.59 Å². The number of hydrazine groups is 1. The molecular weight excluding hydrogens is 358 g/mol. The van der Waals surface area contributed by atoms with Crippen molar-refractivity contribution in [1.29, 1.82) is 0 Å². The lowest BCUT2D eigenvalue weighted by Crippen LogP contribution is -2.46. The number of non-ortho nitro benzene ring substituents is 1. The molecule has 0 radical (unpaired) electrons. The molecule has 1 aromatic rings. The second-order valence-corrected chi connectivity index (χ2v) is 5.86. The highest BCUT2D eigenvalue weighted by atomic mass is 32.2. The first-order chi connectivity index (χ1) is 11.2. The van der Waals surface area contributed by atoms with Gasteiger partial charge in [0.25, 0.3) is 17.5 Å². The maximum absolute atomic E-state index is 12.1. The molecule has 2 amide bonds. The van der Waals surface area contributed by atoms with E-state index in [1.165, 1.54) is 26.2 Å². The van der Waals surface area contributed by atoms with Gasteiger partial charge in [-0.2, -0.15) is 12.6 Å². The summed E-state index contributed by atoms with van der Waals surface area (Å²) in [6.45, 7) is 0. The molecule has 130 valence electrons. The minimum Gasteiger partial charge on any atom is -0.478 e. The zero-order valence-electron chi connectivity index (χ0n) is 12.8. The largest absolute Gasteiger partial charge is 0.478 e. The zero-order chi connectivity index (χ0) is 18.4. The minimum absolute atomic E-state index is 0.0627. The van der Waals surface area contributed by atoms with Gasteiger partial charge in [0, 0.05) is 31.1 Å². The summed E-state index contributed by atoms with van der Waals surface area (Å²) in [4.78, 5) is 45.0. The molecule has 1 aromatic carbocycles. The van der Waals surface area contributed by atoms with Crippen LogP contribution in [0.15, 0.2) is 23.1 Å². The van der Waals surface area contributed by atoms with Gasteiger partial charge < -0.3 is 5.11 Å². The number of aromatic carboxylic acids is 1. The molecule has 0 aliphatic carbocycles. The third-order valence-electron chi connectivity index (χ3n) is 3.06. The van der Waals surface area contributed by atoms with Crippen LogP contribution in [0.1, 0.15) is 10.4 Å². The van der Waals surface area contributed by atoms with E-state index in [-0.39, 0.29) is 33.6 Å². The molecule has 0 aromatic heterocycles. The number of carbonyl (C=O) groups excluding carboxylic acids is 2. The summed E-state index contributed by atoms with van der Waals surface area (Å²) < 4.78 is 0. The lowest BCUT2D eigenvalue weighted by atomic mass is 10.2. The first-order valence-corrected chi connectivity index (χ1v) is 8.09. The van der Waals surface area contributed by atoms with E-state index in [0.29, 0.717) is 0 Å². The van der Waals surface area contributed by atoms with E-state index in [1.54, 1.807) is 0 Å². The smallest absolute Gasteiger partial charge is 0.337 e. The number of carbonyl (C=O) groups is 3. The van der Waals surface area contributed by atoms with Crippen LogP contribution in [0.3, 0.4) is 0 Å². The van der Waals surface area contributed by atoms with Gasteiger partial charge in [-0.25, -0.2) is 4.79 Å². The van der Waals surface area contributed by atoms with Gasteiger partial charge in [-0.1, -0.05) is 0 Å². The van der Waals surface area contributed by atoms with E-state index in [1.807, 2.05) is 0 Å². The summed E-state index contributed by atoms with van der Waals surface area (Å²) in [6, 6.07) is 3.39. The van der Waals surface area contributed by atoms with Crippen molar-refractivity contribution in [3.05, 3.63) is 33.9 Å². The van der Waals surface area contributed by atoms with Gasteiger partial charge in [0.05, 0.1) is 22.0 Å². The monoisotopic (exact) mass is 373 g/mol. The van der Waals surface area contributed by atoms with Gasteiger partial charge in [-0.3, -0.25) is 29.7 Å². The van der Waals surface area contributed by atoms with Crippen molar-refractivity contribution in [2.24, 2.45) is 0 Å². The van der Waals surface area contributed by atoms with E-state index < -0.39 is 16.8 Å². The number of carboxylic acid groups (broad SMARTS) is 1. The Bertz CT molecular complexity index is 682. The van der Waals surface area contributed by atoms with Crippen molar-refractivity contribution in [2.45, 2.75) is 4.90 Å². The molecule has 1 N–H and O–H groups in total. The molecule has 9 nitrogen and oxygen atoms in total. The van der Waals surface area contributed by atoms with Crippen LogP contribution in [0.4, 0.5) is 5.69 Å². The standard InChI is InChI=1S/C13H15N3O6S2/c1-14(11(17)6-23)15(2)12(18)7-24-10-4-3-8(16(21)22)5-9(10)13(19)20/h3-5,23H,6-7H2,1-2H3,(H,19,20). The molecule has 0 aliphatic heterocycles. The molecule has 24 heavy (non-hydrogen) atoms. The molecule has 0 heterocycles. The fourth-order valence-corrected chi connectivity index (χ4v) is 2.73. The van der Waals surface area contributed by atoms with E-state index >= 15 is 0 Å². The summed E-state index contributed by atoms with van der Waals surface area (Å²) in [5.41, 5.74) is -0.608. The fourth-order valence-electron chi connectivity index (χ4n) is 1.59. The van der Waals surface area contributed by atoms with Gasteiger partial charge in [-0.15, -0.1) is 11.8 Å². The summed E-state index contributed by atoms with van der Waals surface area (Å²) in [5.74, 6) is -2.34. The number of nitro groups is 1. The lowest BCUT2D eigenvalue weighted by molar-refractivity contribution is -0.384. The summed E-state index contributed by atoms with van der Waals surface area (Å²) >= 11 is 4.75. The van der Waals surface area contributed by atoms with E-state index in [9.17, 15) is 24.5 Å². The molecule has 0 saturated heterocycles. The highest BCUT2D eigenvalue weighted by Crippen LogP contribution is 2.27. The molecule has 1 rings (SSSR count). The van der Waals surface area contributed by atoms with E-state index in [0.717, 1.165) is 27.8 Å². The van der Waals surface area contributed by atoms with Crippen LogP contribution >= 0.6 is 24.4 Å². The Balaban J connectivity index is 2.87. The molecule has 0 spiro atoms. The average Bonchev–Trinajstić information content (AvgIpc) is 2.56. The predicted molar refractivity (Wildman–Crippen MR) is 90.2 cm³/mol. The molecule has 0 atom stereocenters. The van der Waals surface area contributed by atoms with Crippen molar-refractivity contribution < 1.29 is 24.4 Å². The Morgan fingerprint density at radius 1 is 1.25 bits per heavy atom. The van der Waals surface area contributed by atoms with Gasteiger partial charge in [-0.05, 0) is 6.07 Å². The number of rotatable bonds is 6. The number of amides is 2. The molecule has 0 fully saturated rings. The number of benzene rings is 1. The Morgan fingerprint density at radius 3 is 2.33 bits per heavy atom. The number of hydrogen-bond donors (Lipinski definition) is 2.